The van der Waals surface area contributed by atoms with Gasteiger partial charge in [-0.05, 0) is 24.6 Å². The van der Waals surface area contributed by atoms with E-state index in [-0.39, 0.29) is 35.5 Å². The maximum atomic E-state index is 13.3. The lowest BCUT2D eigenvalue weighted by atomic mass is 10.0. The van der Waals surface area contributed by atoms with Crippen molar-refractivity contribution in [3.63, 3.8) is 0 Å². The van der Waals surface area contributed by atoms with Crippen LogP contribution in [0.3, 0.4) is 0 Å². The second-order valence-electron chi connectivity index (χ2n) is 6.92. The molecule has 1 aliphatic heterocycles. The molecule has 9 nitrogen and oxygen atoms in total. The molecule has 164 valence electrons. The predicted octanol–water partition coefficient (Wildman–Crippen LogP) is 1.52. The summed E-state index contributed by atoms with van der Waals surface area (Å²) in [6.45, 7) is -0.978. The van der Waals surface area contributed by atoms with Crippen molar-refractivity contribution in [1.82, 2.24) is 20.2 Å². The molecule has 0 atom stereocenters. The van der Waals surface area contributed by atoms with Gasteiger partial charge in [0.15, 0.2) is 11.5 Å². The van der Waals surface area contributed by atoms with Crippen LogP contribution in [0.15, 0.2) is 41.0 Å². The van der Waals surface area contributed by atoms with Gasteiger partial charge in [0.2, 0.25) is 5.76 Å². The third-order valence-corrected chi connectivity index (χ3v) is 4.88. The van der Waals surface area contributed by atoms with Crippen LogP contribution in [0.4, 0.5) is 4.39 Å². The molecule has 4 rings (SSSR count). The van der Waals surface area contributed by atoms with E-state index in [1.807, 2.05) is 0 Å². The molecule has 2 amide bonds. The highest BCUT2D eigenvalue weighted by molar-refractivity contribution is 6.04. The van der Waals surface area contributed by atoms with E-state index < -0.39 is 41.5 Å². The minimum absolute atomic E-state index is 0.0226. The van der Waals surface area contributed by atoms with Gasteiger partial charge < -0.3 is 20.5 Å². The highest BCUT2D eigenvalue weighted by Crippen LogP contribution is 2.38. The Balaban J connectivity index is 1.96. The summed E-state index contributed by atoms with van der Waals surface area (Å²) in [6.07, 6.45) is 2.54. The summed E-state index contributed by atoms with van der Waals surface area (Å²) in [5.74, 6) is -3.50. The first-order valence-electron chi connectivity index (χ1n) is 11.0. The van der Waals surface area contributed by atoms with Gasteiger partial charge in [-0.3, -0.25) is 23.9 Å². The number of nitrogens with one attached hydrogen (secondary N) is 2. The van der Waals surface area contributed by atoms with Crippen LogP contribution in [0, 0.1) is 5.82 Å². The zero-order chi connectivity index (χ0) is 25.5. The van der Waals surface area contributed by atoms with Crippen molar-refractivity contribution in [3.05, 3.63) is 69.1 Å². The van der Waals surface area contributed by atoms with E-state index >= 15 is 0 Å². The van der Waals surface area contributed by atoms with Crippen LogP contribution < -0.4 is 20.9 Å². The van der Waals surface area contributed by atoms with E-state index in [4.69, 9.17) is 8.85 Å². The maximum absolute atomic E-state index is 13.3. The topological polar surface area (TPSA) is 123 Å². The summed E-state index contributed by atoms with van der Waals surface area (Å²) in [5.41, 5.74) is -1.09. The molecular weight excluding hydrogens is 419 g/mol. The molecule has 0 fully saturated rings. The first kappa shape index (κ1) is 17.5. The molecule has 0 aliphatic carbocycles. The Morgan fingerprint density at radius 2 is 2.03 bits per heavy atom. The van der Waals surface area contributed by atoms with Crippen molar-refractivity contribution in [2.45, 2.75) is 13.3 Å². The molecule has 0 radical (unpaired) electrons. The first-order chi connectivity index (χ1) is 16.5. The number of hydrogen-bond acceptors (Lipinski definition) is 6. The van der Waals surface area contributed by atoms with Gasteiger partial charge in [0.25, 0.3) is 17.4 Å². The van der Waals surface area contributed by atoms with Gasteiger partial charge in [0.05, 0.1) is 6.20 Å². The van der Waals surface area contributed by atoms with Crippen molar-refractivity contribution in [2.24, 2.45) is 0 Å². The largest absolute Gasteiger partial charge is 0.505 e. The molecule has 0 unspecified atom stereocenters. The highest BCUT2D eigenvalue weighted by Gasteiger charge is 2.30. The first-order valence-corrected chi connectivity index (χ1v) is 9.54. The van der Waals surface area contributed by atoms with Crippen LogP contribution in [0.1, 0.15) is 32.5 Å². The summed E-state index contributed by atoms with van der Waals surface area (Å²) < 4.78 is 41.7. The number of aromatic nitrogens is 2. The zero-order valence-corrected chi connectivity index (χ0v) is 16.7. The third-order valence-electron chi connectivity index (χ3n) is 4.88. The van der Waals surface area contributed by atoms with Crippen LogP contribution in [0.25, 0.3) is 17.2 Å². The Bertz CT molecular complexity index is 1450. The summed E-state index contributed by atoms with van der Waals surface area (Å²) in [5, 5.41) is 14.9. The predicted molar refractivity (Wildman–Crippen MR) is 114 cm³/mol. The van der Waals surface area contributed by atoms with Crippen LogP contribution in [-0.4, -0.2) is 40.0 Å². The lowest BCUT2D eigenvalue weighted by molar-refractivity contribution is -0.119. The number of benzene rings is 1. The fourth-order valence-electron chi connectivity index (χ4n) is 3.42. The number of pyridine rings is 2. The Hall–Kier alpha value is -4.21. The van der Waals surface area contributed by atoms with Crippen molar-refractivity contribution in [1.29, 1.82) is 0 Å². The van der Waals surface area contributed by atoms with E-state index in [1.165, 1.54) is 18.3 Å². The minimum Gasteiger partial charge on any atom is -0.505 e. The van der Waals surface area contributed by atoms with Crippen LogP contribution in [-0.2, 0) is 11.2 Å². The van der Waals surface area contributed by atoms with E-state index in [9.17, 15) is 23.9 Å². The number of carbonyl (C=O) groups is 2. The Kier molecular flexibility index (Phi) is 4.44. The molecule has 1 aliphatic rings. The normalized spacial score (nSPS) is 13.9. The maximum Gasteiger partial charge on any atom is 0.288 e. The molecule has 0 spiro atoms. The van der Waals surface area contributed by atoms with Crippen molar-refractivity contribution < 1.29 is 27.9 Å². The molecule has 0 bridgehead atoms. The lowest BCUT2D eigenvalue weighted by Crippen LogP contribution is -2.34. The lowest BCUT2D eigenvalue weighted by Gasteiger charge is -2.22. The monoisotopic (exact) mass is 441 g/mol. The van der Waals surface area contributed by atoms with Crippen molar-refractivity contribution in [2.75, 3.05) is 13.5 Å². The second-order valence-corrected chi connectivity index (χ2v) is 6.92. The zero-order valence-electron chi connectivity index (χ0n) is 19.7. The average molecular weight is 441 g/mol. The van der Waals surface area contributed by atoms with E-state index in [2.05, 4.69) is 10.3 Å². The molecule has 10 heteroatoms. The van der Waals surface area contributed by atoms with Gasteiger partial charge in [-0.15, -0.1) is 0 Å². The van der Waals surface area contributed by atoms with Gasteiger partial charge in [0.1, 0.15) is 22.4 Å². The highest BCUT2D eigenvalue weighted by atomic mass is 19.1. The van der Waals surface area contributed by atoms with Crippen LogP contribution >= 0.6 is 0 Å². The number of likely N-dealkylation sites (N-methyl/N-ethyl adjacent to an activating group) is 1. The minimum atomic E-state index is -2.92. The summed E-state index contributed by atoms with van der Waals surface area (Å²) in [6, 6.07) is 5.63. The second kappa shape index (κ2) is 8.14. The smallest absolute Gasteiger partial charge is 0.288 e. The van der Waals surface area contributed by atoms with Gasteiger partial charge >= 0.3 is 0 Å². The molecule has 3 N–H and O–H groups in total. The number of rotatable bonds is 5. The molecular formula is C22H19FN4O5. The molecule has 3 heterocycles. The summed E-state index contributed by atoms with van der Waals surface area (Å²) >= 11 is 0. The standard InChI is InChI=1S/C22H19FN4O5/c1-3-25-20(29)14-10-27-17-16(18(28)15(22(27)31)21(30)24-2)26-9-12(19(17)32-14)8-11-4-6-13(23)7-5-11/h4-7,9-10,28H,3,8H2,1-2H3,(H,24,30)(H,25,29)/i2D3. The average Bonchev–Trinajstić information content (AvgIpc) is 2.78. The van der Waals surface area contributed by atoms with Crippen LogP contribution in [0.5, 0.6) is 11.5 Å². The van der Waals surface area contributed by atoms with E-state index in [1.54, 1.807) is 24.4 Å². The fourth-order valence-corrected chi connectivity index (χ4v) is 3.42. The number of hydrogen-bond donors (Lipinski definition) is 3. The summed E-state index contributed by atoms with van der Waals surface area (Å²) in [4.78, 5) is 42.5. The Labute approximate surface area is 185 Å². The Morgan fingerprint density at radius 1 is 1.28 bits per heavy atom. The van der Waals surface area contributed by atoms with E-state index in [0.717, 1.165) is 10.8 Å². The summed E-state index contributed by atoms with van der Waals surface area (Å²) in [7, 11) is 0. The SMILES string of the molecule is [2H]C([2H])([2H])NC(=O)c1c(O)c2ncc(Cc3ccc(F)cc3)c3c2n(c1=O)C=C(C(=O)NCC)O3. The number of halogens is 1. The molecule has 0 saturated carbocycles. The number of amides is 2. The molecule has 2 aromatic heterocycles. The fraction of sp³-hybridized carbons (Fsp3) is 0.182. The number of nitrogens with zero attached hydrogens (tertiary/aromatic N) is 2. The molecule has 32 heavy (non-hydrogen) atoms. The number of carbonyl (C=O) groups excluding carboxylic acids is 2. The van der Waals surface area contributed by atoms with Crippen LogP contribution in [0.2, 0.25) is 0 Å². The number of ether oxygens (including phenoxy) is 1. The number of aromatic hydroxyl groups is 1. The molecule has 3 aromatic rings. The van der Waals surface area contributed by atoms with Gasteiger partial charge in [-0.2, -0.15) is 0 Å². The van der Waals surface area contributed by atoms with Gasteiger partial charge in [-0.1, -0.05) is 12.1 Å². The van der Waals surface area contributed by atoms with Crippen molar-refractivity contribution >= 4 is 29.0 Å². The molecule has 0 saturated heterocycles. The van der Waals surface area contributed by atoms with Gasteiger partial charge in [0, 0.05) is 35.8 Å². The Morgan fingerprint density at radius 3 is 2.72 bits per heavy atom. The third kappa shape index (κ3) is 3.45. The molecule has 1 aromatic carbocycles. The van der Waals surface area contributed by atoms with Gasteiger partial charge in [-0.25, -0.2) is 4.39 Å². The van der Waals surface area contributed by atoms with E-state index in [0.29, 0.717) is 11.1 Å². The quantitative estimate of drug-likeness (QED) is 0.552. The van der Waals surface area contributed by atoms with Crippen molar-refractivity contribution in [3.8, 4) is 11.5 Å².